The Morgan fingerprint density at radius 1 is 1.11 bits per heavy atom. The van der Waals surface area contributed by atoms with E-state index < -0.39 is 0 Å². The number of hydrogen-bond donors (Lipinski definition) is 0. The first kappa shape index (κ1) is 10.8. The number of carbonyl (C=O) groups is 1. The van der Waals surface area contributed by atoms with Gasteiger partial charge < -0.3 is 0 Å². The fourth-order valence-corrected chi connectivity index (χ4v) is 3.85. The molecular weight excluding hydrogens is 254 g/mol. The predicted molar refractivity (Wildman–Crippen MR) is 80.4 cm³/mol. The van der Waals surface area contributed by atoms with E-state index in [2.05, 4.69) is 41.0 Å². The standard InChI is InChI=1S/C16H11NOS/c1-10-6-7-14-12(8-10)13(9-18)16-11-4-2-3-5-15(11)19-17(14)16/h2-9H,1H3. The molecular formula is C16H11NOS. The minimum atomic E-state index is 0.802. The van der Waals surface area contributed by atoms with Gasteiger partial charge in [0, 0.05) is 16.3 Å². The van der Waals surface area contributed by atoms with Crippen molar-refractivity contribution in [3.8, 4) is 0 Å². The van der Waals surface area contributed by atoms with E-state index in [1.165, 1.54) is 10.3 Å². The van der Waals surface area contributed by atoms with Crippen molar-refractivity contribution in [1.29, 1.82) is 0 Å². The van der Waals surface area contributed by atoms with Gasteiger partial charge in [0.15, 0.2) is 6.29 Å². The molecule has 0 saturated carbocycles. The van der Waals surface area contributed by atoms with Crippen LogP contribution in [0.25, 0.3) is 26.5 Å². The van der Waals surface area contributed by atoms with Crippen molar-refractivity contribution in [2.45, 2.75) is 6.92 Å². The number of aryl methyl sites for hydroxylation is 1. The lowest BCUT2D eigenvalue weighted by Crippen LogP contribution is -1.78. The Labute approximate surface area is 114 Å². The Kier molecular flexibility index (Phi) is 2.09. The van der Waals surface area contributed by atoms with Gasteiger partial charge in [-0.05, 0) is 25.1 Å². The zero-order valence-corrected chi connectivity index (χ0v) is 11.2. The van der Waals surface area contributed by atoms with Crippen LogP contribution in [-0.2, 0) is 0 Å². The summed E-state index contributed by atoms with van der Waals surface area (Å²) >= 11 is 1.69. The van der Waals surface area contributed by atoms with E-state index in [-0.39, 0.29) is 0 Å². The van der Waals surface area contributed by atoms with Crippen molar-refractivity contribution in [2.24, 2.45) is 0 Å². The van der Waals surface area contributed by atoms with Crippen LogP contribution < -0.4 is 0 Å². The third-order valence-electron chi connectivity index (χ3n) is 3.57. The Morgan fingerprint density at radius 3 is 2.79 bits per heavy atom. The zero-order valence-electron chi connectivity index (χ0n) is 10.4. The van der Waals surface area contributed by atoms with Crippen molar-refractivity contribution in [2.75, 3.05) is 0 Å². The van der Waals surface area contributed by atoms with Gasteiger partial charge in [0.1, 0.15) is 0 Å². The molecule has 0 spiro atoms. The molecule has 3 heteroatoms. The van der Waals surface area contributed by atoms with E-state index in [9.17, 15) is 4.79 Å². The SMILES string of the molecule is Cc1ccc2c(c1)c(C=O)c1c3ccccc3sn21. The van der Waals surface area contributed by atoms with Crippen LogP contribution in [0, 0.1) is 6.92 Å². The van der Waals surface area contributed by atoms with Crippen LogP contribution in [0.1, 0.15) is 15.9 Å². The van der Waals surface area contributed by atoms with Crippen LogP contribution in [0.15, 0.2) is 42.5 Å². The number of rotatable bonds is 1. The molecule has 0 aliphatic rings. The molecule has 0 radical (unpaired) electrons. The smallest absolute Gasteiger partial charge is 0.152 e. The van der Waals surface area contributed by atoms with E-state index in [0.29, 0.717) is 0 Å². The molecule has 0 aliphatic carbocycles. The maximum Gasteiger partial charge on any atom is 0.152 e. The van der Waals surface area contributed by atoms with Crippen LogP contribution in [0.2, 0.25) is 0 Å². The largest absolute Gasteiger partial charge is 0.298 e. The van der Waals surface area contributed by atoms with Crippen LogP contribution >= 0.6 is 11.5 Å². The third-order valence-corrected chi connectivity index (χ3v) is 4.68. The Morgan fingerprint density at radius 2 is 1.95 bits per heavy atom. The van der Waals surface area contributed by atoms with Gasteiger partial charge in [-0.2, -0.15) is 0 Å². The molecule has 19 heavy (non-hydrogen) atoms. The van der Waals surface area contributed by atoms with E-state index in [0.717, 1.165) is 33.7 Å². The predicted octanol–water partition coefficient (Wildman–Crippen LogP) is 4.43. The highest BCUT2D eigenvalue weighted by Gasteiger charge is 2.16. The fourth-order valence-electron chi connectivity index (χ4n) is 2.71. The van der Waals surface area contributed by atoms with Gasteiger partial charge >= 0.3 is 0 Å². The topological polar surface area (TPSA) is 21.5 Å². The van der Waals surface area contributed by atoms with Crippen LogP contribution in [0.3, 0.4) is 0 Å². The monoisotopic (exact) mass is 265 g/mol. The van der Waals surface area contributed by atoms with Gasteiger partial charge in [-0.1, -0.05) is 41.4 Å². The van der Waals surface area contributed by atoms with Crippen molar-refractivity contribution >= 4 is 44.3 Å². The summed E-state index contributed by atoms with van der Waals surface area (Å²) in [5, 5.41) is 2.20. The summed E-state index contributed by atoms with van der Waals surface area (Å²) in [7, 11) is 0. The van der Waals surface area contributed by atoms with Crippen molar-refractivity contribution in [3.63, 3.8) is 0 Å². The number of fused-ring (bicyclic) bond motifs is 5. The summed E-state index contributed by atoms with van der Waals surface area (Å²) in [6.45, 7) is 2.05. The quantitative estimate of drug-likeness (QED) is 0.467. The molecule has 2 aromatic carbocycles. The molecule has 2 heterocycles. The average molecular weight is 265 g/mol. The summed E-state index contributed by atoms with van der Waals surface area (Å²) in [5.41, 5.74) is 4.13. The second kappa shape index (κ2) is 3.68. The lowest BCUT2D eigenvalue weighted by atomic mass is 10.1. The summed E-state index contributed by atoms with van der Waals surface area (Å²) in [6, 6.07) is 14.5. The van der Waals surface area contributed by atoms with E-state index in [4.69, 9.17) is 0 Å². The Hall–Kier alpha value is -2.13. The van der Waals surface area contributed by atoms with Crippen LogP contribution in [0.5, 0.6) is 0 Å². The number of carbonyl (C=O) groups excluding carboxylic acids is 1. The Balaban J connectivity index is 2.36. The molecule has 0 bridgehead atoms. The fraction of sp³-hybridized carbons (Fsp3) is 0.0625. The van der Waals surface area contributed by atoms with Gasteiger partial charge in [0.2, 0.25) is 0 Å². The highest BCUT2D eigenvalue weighted by molar-refractivity contribution is 7.15. The van der Waals surface area contributed by atoms with Gasteiger partial charge in [-0.15, -0.1) is 0 Å². The second-order valence-corrected chi connectivity index (χ2v) is 5.77. The molecule has 0 aliphatic heterocycles. The van der Waals surface area contributed by atoms with Crippen molar-refractivity contribution in [1.82, 2.24) is 3.79 Å². The summed E-state index contributed by atoms with van der Waals surface area (Å²) in [6.07, 6.45) is 0.982. The van der Waals surface area contributed by atoms with Gasteiger partial charge in [0.25, 0.3) is 0 Å². The molecule has 0 fully saturated rings. The minimum absolute atomic E-state index is 0.802. The lowest BCUT2D eigenvalue weighted by Gasteiger charge is -1.94. The van der Waals surface area contributed by atoms with E-state index >= 15 is 0 Å². The molecule has 2 aromatic heterocycles. The molecule has 0 saturated heterocycles. The number of aromatic nitrogens is 1. The molecule has 0 N–H and O–H groups in total. The first-order valence-corrected chi connectivity index (χ1v) is 6.95. The minimum Gasteiger partial charge on any atom is -0.298 e. The molecule has 0 unspecified atom stereocenters. The van der Waals surface area contributed by atoms with Gasteiger partial charge in [0.05, 0.1) is 15.7 Å². The number of benzene rings is 2. The molecule has 0 amide bonds. The first-order valence-electron chi connectivity index (χ1n) is 6.17. The maximum atomic E-state index is 11.5. The lowest BCUT2D eigenvalue weighted by molar-refractivity contribution is 0.112. The van der Waals surface area contributed by atoms with E-state index in [1.807, 2.05) is 12.1 Å². The highest BCUT2D eigenvalue weighted by atomic mass is 32.1. The number of nitrogens with zero attached hydrogens (tertiary/aromatic N) is 1. The zero-order chi connectivity index (χ0) is 13.0. The normalized spacial score (nSPS) is 11.6. The van der Waals surface area contributed by atoms with Gasteiger partial charge in [-0.25, -0.2) is 0 Å². The molecule has 0 atom stereocenters. The summed E-state index contributed by atoms with van der Waals surface area (Å²) in [5.74, 6) is 0. The summed E-state index contributed by atoms with van der Waals surface area (Å²) in [4.78, 5) is 11.5. The molecule has 4 rings (SSSR count). The number of hydrogen-bond acceptors (Lipinski definition) is 2. The second-order valence-electron chi connectivity index (χ2n) is 4.78. The maximum absolute atomic E-state index is 11.5. The highest BCUT2D eigenvalue weighted by Crippen LogP contribution is 2.35. The molecule has 4 aromatic rings. The van der Waals surface area contributed by atoms with Gasteiger partial charge in [-0.3, -0.25) is 8.58 Å². The van der Waals surface area contributed by atoms with E-state index in [1.54, 1.807) is 11.5 Å². The molecule has 92 valence electrons. The van der Waals surface area contributed by atoms with Crippen molar-refractivity contribution in [3.05, 3.63) is 53.6 Å². The number of aldehydes is 1. The van der Waals surface area contributed by atoms with Crippen molar-refractivity contribution < 1.29 is 4.79 Å². The first-order chi connectivity index (χ1) is 9.29. The van der Waals surface area contributed by atoms with Crippen LogP contribution in [0.4, 0.5) is 0 Å². The molecule has 2 nitrogen and oxygen atoms in total. The third kappa shape index (κ3) is 1.33. The summed E-state index contributed by atoms with van der Waals surface area (Å²) < 4.78 is 3.38. The Bertz CT molecular complexity index is 946. The van der Waals surface area contributed by atoms with Crippen LogP contribution in [-0.4, -0.2) is 10.1 Å². The average Bonchev–Trinajstić information content (AvgIpc) is 2.92.